The molecule has 2 heterocycles. The molecule has 24 heavy (non-hydrogen) atoms. The van der Waals surface area contributed by atoms with Crippen LogP contribution in [0.15, 0.2) is 41.8 Å². The Morgan fingerprint density at radius 2 is 1.92 bits per heavy atom. The minimum atomic E-state index is -0.119. The smallest absolute Gasteiger partial charge is 0.237 e. The molecule has 5 nitrogen and oxygen atoms in total. The van der Waals surface area contributed by atoms with Gasteiger partial charge in [0, 0.05) is 36.7 Å². The zero-order valence-corrected chi connectivity index (χ0v) is 14.6. The van der Waals surface area contributed by atoms with E-state index in [9.17, 15) is 9.90 Å². The first kappa shape index (κ1) is 16.8. The van der Waals surface area contributed by atoms with Crippen LogP contribution in [0, 0.1) is 0 Å². The van der Waals surface area contributed by atoms with Crippen molar-refractivity contribution in [3.05, 3.63) is 46.7 Å². The SMILES string of the molecule is C[C@@H](C(=O)NCc1cccs1)N1CCN(c2ccc(O)cc2)CC1. The largest absolute Gasteiger partial charge is 0.508 e. The highest BCUT2D eigenvalue weighted by Gasteiger charge is 2.25. The lowest BCUT2D eigenvalue weighted by atomic mass is 10.2. The molecule has 0 radical (unpaired) electrons. The maximum Gasteiger partial charge on any atom is 0.237 e. The second-order valence-electron chi connectivity index (χ2n) is 6.01. The quantitative estimate of drug-likeness (QED) is 0.873. The van der Waals surface area contributed by atoms with Crippen molar-refractivity contribution >= 4 is 22.9 Å². The van der Waals surface area contributed by atoms with Crippen LogP contribution in [0.1, 0.15) is 11.8 Å². The molecule has 128 valence electrons. The van der Waals surface area contributed by atoms with E-state index in [0.717, 1.165) is 31.9 Å². The third-order valence-corrected chi connectivity index (χ3v) is 5.35. The number of benzene rings is 1. The Balaban J connectivity index is 1.48. The van der Waals surface area contributed by atoms with E-state index in [0.29, 0.717) is 6.54 Å². The van der Waals surface area contributed by atoms with Crippen LogP contribution in [0.25, 0.3) is 0 Å². The number of nitrogens with zero attached hydrogens (tertiary/aromatic N) is 2. The van der Waals surface area contributed by atoms with Crippen LogP contribution in [-0.2, 0) is 11.3 Å². The summed E-state index contributed by atoms with van der Waals surface area (Å²) in [4.78, 5) is 18.0. The zero-order valence-electron chi connectivity index (χ0n) is 13.8. The van der Waals surface area contributed by atoms with Gasteiger partial charge in [-0.05, 0) is 42.6 Å². The number of aromatic hydroxyl groups is 1. The monoisotopic (exact) mass is 345 g/mol. The molecular formula is C18H23N3O2S. The number of thiophene rings is 1. The Morgan fingerprint density at radius 3 is 2.54 bits per heavy atom. The Kier molecular flexibility index (Phi) is 5.37. The molecule has 1 aromatic heterocycles. The minimum absolute atomic E-state index is 0.0847. The van der Waals surface area contributed by atoms with Gasteiger partial charge >= 0.3 is 0 Å². The molecule has 0 unspecified atom stereocenters. The van der Waals surface area contributed by atoms with Gasteiger partial charge in [0.2, 0.25) is 5.91 Å². The third kappa shape index (κ3) is 4.07. The van der Waals surface area contributed by atoms with Crippen molar-refractivity contribution in [2.45, 2.75) is 19.5 Å². The van der Waals surface area contributed by atoms with Gasteiger partial charge in [-0.3, -0.25) is 9.69 Å². The van der Waals surface area contributed by atoms with E-state index in [2.05, 4.69) is 15.1 Å². The molecule has 1 amide bonds. The van der Waals surface area contributed by atoms with Crippen molar-refractivity contribution in [1.29, 1.82) is 0 Å². The fraction of sp³-hybridized carbons (Fsp3) is 0.389. The molecule has 1 saturated heterocycles. The van der Waals surface area contributed by atoms with E-state index in [1.165, 1.54) is 4.88 Å². The second-order valence-corrected chi connectivity index (χ2v) is 7.04. The lowest BCUT2D eigenvalue weighted by Gasteiger charge is -2.38. The van der Waals surface area contributed by atoms with Gasteiger partial charge in [0.25, 0.3) is 0 Å². The molecule has 0 aliphatic carbocycles. The number of piperazine rings is 1. The van der Waals surface area contributed by atoms with E-state index in [-0.39, 0.29) is 17.7 Å². The van der Waals surface area contributed by atoms with Crippen LogP contribution in [-0.4, -0.2) is 48.1 Å². The number of hydrogen-bond acceptors (Lipinski definition) is 5. The van der Waals surface area contributed by atoms with Gasteiger partial charge < -0.3 is 15.3 Å². The summed E-state index contributed by atoms with van der Waals surface area (Å²) in [7, 11) is 0. The van der Waals surface area contributed by atoms with Gasteiger partial charge in [-0.15, -0.1) is 11.3 Å². The van der Waals surface area contributed by atoms with E-state index >= 15 is 0 Å². The van der Waals surface area contributed by atoms with Crippen molar-refractivity contribution in [2.24, 2.45) is 0 Å². The first-order chi connectivity index (χ1) is 11.6. The molecule has 3 rings (SSSR count). The molecule has 6 heteroatoms. The van der Waals surface area contributed by atoms with Crippen LogP contribution < -0.4 is 10.2 Å². The van der Waals surface area contributed by atoms with Crippen LogP contribution in [0.5, 0.6) is 5.75 Å². The van der Waals surface area contributed by atoms with Crippen molar-refractivity contribution in [1.82, 2.24) is 10.2 Å². The first-order valence-electron chi connectivity index (χ1n) is 8.21. The van der Waals surface area contributed by atoms with E-state index < -0.39 is 0 Å². The van der Waals surface area contributed by atoms with Crippen LogP contribution >= 0.6 is 11.3 Å². The normalized spacial score (nSPS) is 16.8. The van der Waals surface area contributed by atoms with E-state index in [4.69, 9.17) is 0 Å². The zero-order chi connectivity index (χ0) is 16.9. The summed E-state index contributed by atoms with van der Waals surface area (Å²) in [5, 5.41) is 14.4. The van der Waals surface area contributed by atoms with Gasteiger partial charge in [0.05, 0.1) is 12.6 Å². The molecule has 2 aromatic rings. The van der Waals surface area contributed by atoms with Gasteiger partial charge in [-0.1, -0.05) is 6.07 Å². The molecule has 1 atom stereocenters. The maximum absolute atomic E-state index is 12.3. The predicted octanol–water partition coefficient (Wildman–Crippen LogP) is 2.28. The molecular weight excluding hydrogens is 322 g/mol. The lowest BCUT2D eigenvalue weighted by molar-refractivity contribution is -0.126. The number of carbonyl (C=O) groups is 1. The highest BCUT2D eigenvalue weighted by Crippen LogP contribution is 2.20. The van der Waals surface area contributed by atoms with Crippen LogP contribution in [0.4, 0.5) is 5.69 Å². The summed E-state index contributed by atoms with van der Waals surface area (Å²) in [6.07, 6.45) is 0. The topological polar surface area (TPSA) is 55.8 Å². The number of anilines is 1. The van der Waals surface area contributed by atoms with Gasteiger partial charge in [-0.25, -0.2) is 0 Å². The average Bonchev–Trinajstić information content (AvgIpc) is 3.13. The summed E-state index contributed by atoms with van der Waals surface area (Å²) < 4.78 is 0. The second kappa shape index (κ2) is 7.68. The molecule has 1 aliphatic rings. The van der Waals surface area contributed by atoms with E-state index in [1.54, 1.807) is 23.5 Å². The van der Waals surface area contributed by atoms with Crippen LogP contribution in [0.3, 0.4) is 0 Å². The molecule has 2 N–H and O–H groups in total. The van der Waals surface area contributed by atoms with Gasteiger partial charge in [0.1, 0.15) is 5.75 Å². The van der Waals surface area contributed by atoms with Crippen molar-refractivity contribution < 1.29 is 9.90 Å². The molecule has 0 spiro atoms. The van der Waals surface area contributed by atoms with Crippen molar-refractivity contribution in [3.63, 3.8) is 0 Å². The number of rotatable bonds is 5. The molecule has 0 saturated carbocycles. The Hall–Kier alpha value is -2.05. The maximum atomic E-state index is 12.3. The summed E-state index contributed by atoms with van der Waals surface area (Å²) in [5.74, 6) is 0.370. The Bertz CT molecular complexity index is 649. The molecule has 1 aromatic carbocycles. The number of hydrogen-bond donors (Lipinski definition) is 2. The fourth-order valence-electron chi connectivity index (χ4n) is 2.93. The Labute approximate surface area is 146 Å². The number of nitrogens with one attached hydrogen (secondary N) is 1. The first-order valence-corrected chi connectivity index (χ1v) is 9.09. The lowest BCUT2D eigenvalue weighted by Crippen LogP contribution is -2.53. The highest BCUT2D eigenvalue weighted by atomic mass is 32.1. The molecule has 0 bridgehead atoms. The summed E-state index contributed by atoms with van der Waals surface area (Å²) in [6, 6.07) is 11.2. The minimum Gasteiger partial charge on any atom is -0.508 e. The number of carbonyl (C=O) groups excluding carboxylic acids is 1. The standard InChI is InChI=1S/C18H23N3O2S/c1-14(18(23)19-13-17-3-2-12-24-17)20-8-10-21(11-9-20)15-4-6-16(22)7-5-15/h2-7,12,14,22H,8-11,13H2,1H3,(H,19,23)/t14-/m0/s1. The molecule has 1 fully saturated rings. The van der Waals surface area contributed by atoms with Gasteiger partial charge in [0.15, 0.2) is 0 Å². The van der Waals surface area contributed by atoms with Crippen LogP contribution in [0.2, 0.25) is 0 Å². The van der Waals surface area contributed by atoms with Crippen molar-refractivity contribution in [2.75, 3.05) is 31.1 Å². The van der Waals surface area contributed by atoms with Crippen molar-refractivity contribution in [3.8, 4) is 5.75 Å². The summed E-state index contributed by atoms with van der Waals surface area (Å²) in [5.41, 5.74) is 1.11. The average molecular weight is 345 g/mol. The highest BCUT2D eigenvalue weighted by molar-refractivity contribution is 7.09. The summed E-state index contributed by atoms with van der Waals surface area (Å²) >= 11 is 1.66. The summed E-state index contributed by atoms with van der Waals surface area (Å²) in [6.45, 7) is 6.05. The third-order valence-electron chi connectivity index (χ3n) is 4.47. The number of phenols is 1. The molecule has 1 aliphatic heterocycles. The number of phenolic OH excluding ortho intramolecular Hbond substituents is 1. The number of amides is 1. The van der Waals surface area contributed by atoms with E-state index in [1.807, 2.05) is 36.6 Å². The van der Waals surface area contributed by atoms with Gasteiger partial charge in [-0.2, -0.15) is 0 Å². The Morgan fingerprint density at radius 1 is 1.21 bits per heavy atom. The fourth-order valence-corrected chi connectivity index (χ4v) is 3.58. The predicted molar refractivity (Wildman–Crippen MR) is 97.5 cm³/mol.